The van der Waals surface area contributed by atoms with Gasteiger partial charge in [0.1, 0.15) is 0 Å². The van der Waals surface area contributed by atoms with Crippen LogP contribution in [0.5, 0.6) is 0 Å². The number of nitrogens with one attached hydrogen (secondary N) is 1. The average molecular weight is 311 g/mol. The van der Waals surface area contributed by atoms with E-state index in [1.165, 1.54) is 44.9 Å². The molecule has 0 fully saturated rings. The monoisotopic (exact) mass is 311 g/mol. The molecule has 3 nitrogen and oxygen atoms in total. The molecule has 0 radical (unpaired) electrons. The average Bonchev–Trinajstić information content (AvgIpc) is 2.98. The van der Waals surface area contributed by atoms with Gasteiger partial charge in [0.05, 0.1) is 12.5 Å². The summed E-state index contributed by atoms with van der Waals surface area (Å²) < 4.78 is 0. The third kappa shape index (κ3) is 8.89. The highest BCUT2D eigenvalue weighted by molar-refractivity contribution is 7.10. The SMILES string of the molecule is CCCCCCCCCCNC(CC(=O)O)c1cccs1. The molecule has 0 amide bonds. The van der Waals surface area contributed by atoms with Crippen LogP contribution in [-0.2, 0) is 4.79 Å². The highest BCUT2D eigenvalue weighted by Crippen LogP contribution is 2.22. The molecule has 4 heteroatoms. The Hall–Kier alpha value is -0.870. The van der Waals surface area contributed by atoms with Crippen LogP contribution in [0.4, 0.5) is 0 Å². The van der Waals surface area contributed by atoms with Crippen LogP contribution < -0.4 is 5.32 Å². The third-order valence-electron chi connectivity index (χ3n) is 3.69. The lowest BCUT2D eigenvalue weighted by molar-refractivity contribution is -0.137. The van der Waals surface area contributed by atoms with Crippen molar-refractivity contribution in [2.24, 2.45) is 0 Å². The van der Waals surface area contributed by atoms with Crippen LogP contribution in [0, 0.1) is 0 Å². The highest BCUT2D eigenvalue weighted by Gasteiger charge is 2.15. The van der Waals surface area contributed by atoms with Crippen molar-refractivity contribution in [3.63, 3.8) is 0 Å². The number of rotatable bonds is 13. The van der Waals surface area contributed by atoms with Crippen molar-refractivity contribution in [3.8, 4) is 0 Å². The number of hydrogen-bond acceptors (Lipinski definition) is 3. The molecule has 0 aromatic carbocycles. The summed E-state index contributed by atoms with van der Waals surface area (Å²) in [5, 5.41) is 14.4. The fraction of sp³-hybridized carbons (Fsp3) is 0.706. The predicted octanol–water partition coefficient (Wildman–Crippen LogP) is 4.99. The summed E-state index contributed by atoms with van der Waals surface area (Å²) in [5.74, 6) is -0.739. The van der Waals surface area contributed by atoms with Crippen LogP contribution in [0.1, 0.15) is 75.6 Å². The molecular formula is C17H29NO2S. The molecule has 21 heavy (non-hydrogen) atoms. The van der Waals surface area contributed by atoms with Gasteiger partial charge >= 0.3 is 5.97 Å². The lowest BCUT2D eigenvalue weighted by Crippen LogP contribution is -2.24. The van der Waals surface area contributed by atoms with Crippen LogP contribution in [0.15, 0.2) is 17.5 Å². The first kappa shape index (κ1) is 18.2. The van der Waals surface area contributed by atoms with Crippen molar-refractivity contribution >= 4 is 17.3 Å². The minimum Gasteiger partial charge on any atom is -0.481 e. The van der Waals surface area contributed by atoms with E-state index in [9.17, 15) is 4.79 Å². The fourth-order valence-electron chi connectivity index (χ4n) is 2.47. The Kier molecular flexibility index (Phi) is 10.2. The molecule has 0 bridgehead atoms. The summed E-state index contributed by atoms with van der Waals surface area (Å²) in [5.41, 5.74) is 0. The highest BCUT2D eigenvalue weighted by atomic mass is 32.1. The summed E-state index contributed by atoms with van der Waals surface area (Å²) in [7, 11) is 0. The van der Waals surface area contributed by atoms with Gasteiger partial charge in [0.25, 0.3) is 0 Å². The van der Waals surface area contributed by atoms with Gasteiger partial charge in [0, 0.05) is 4.88 Å². The largest absolute Gasteiger partial charge is 0.481 e. The van der Waals surface area contributed by atoms with Crippen molar-refractivity contribution < 1.29 is 9.90 Å². The van der Waals surface area contributed by atoms with Crippen molar-refractivity contribution in [3.05, 3.63) is 22.4 Å². The van der Waals surface area contributed by atoms with E-state index in [1.807, 2.05) is 17.5 Å². The van der Waals surface area contributed by atoms with E-state index >= 15 is 0 Å². The molecule has 0 aliphatic carbocycles. The van der Waals surface area contributed by atoms with E-state index in [4.69, 9.17) is 5.11 Å². The zero-order valence-corrected chi connectivity index (χ0v) is 14.0. The van der Waals surface area contributed by atoms with E-state index in [1.54, 1.807) is 11.3 Å². The molecule has 1 rings (SSSR count). The Morgan fingerprint density at radius 3 is 2.43 bits per heavy atom. The molecule has 1 heterocycles. The normalized spacial score (nSPS) is 12.4. The first-order valence-electron chi connectivity index (χ1n) is 8.22. The topological polar surface area (TPSA) is 49.3 Å². The first-order valence-corrected chi connectivity index (χ1v) is 9.10. The Morgan fingerprint density at radius 2 is 1.86 bits per heavy atom. The van der Waals surface area contributed by atoms with Gasteiger partial charge in [-0.05, 0) is 24.4 Å². The van der Waals surface area contributed by atoms with Gasteiger partial charge in [0.2, 0.25) is 0 Å². The molecule has 0 saturated heterocycles. The molecule has 2 N–H and O–H groups in total. The molecule has 0 saturated carbocycles. The second-order valence-corrected chi connectivity index (χ2v) is 6.57. The van der Waals surface area contributed by atoms with Crippen molar-refractivity contribution in [1.82, 2.24) is 5.32 Å². The van der Waals surface area contributed by atoms with Gasteiger partial charge in [0.15, 0.2) is 0 Å². The van der Waals surface area contributed by atoms with Crippen LogP contribution >= 0.6 is 11.3 Å². The Balaban J connectivity index is 2.09. The van der Waals surface area contributed by atoms with Crippen molar-refractivity contribution in [2.45, 2.75) is 70.8 Å². The number of thiophene rings is 1. The van der Waals surface area contributed by atoms with Gasteiger partial charge in [-0.25, -0.2) is 0 Å². The van der Waals surface area contributed by atoms with Crippen LogP contribution in [-0.4, -0.2) is 17.6 Å². The second kappa shape index (κ2) is 11.8. The quantitative estimate of drug-likeness (QED) is 0.504. The van der Waals surface area contributed by atoms with Gasteiger partial charge in [-0.15, -0.1) is 11.3 Å². The maximum Gasteiger partial charge on any atom is 0.305 e. The smallest absolute Gasteiger partial charge is 0.305 e. The second-order valence-electron chi connectivity index (χ2n) is 5.59. The Morgan fingerprint density at radius 1 is 1.19 bits per heavy atom. The van der Waals surface area contributed by atoms with E-state index in [0.717, 1.165) is 17.8 Å². The molecule has 1 atom stereocenters. The van der Waals surface area contributed by atoms with E-state index in [2.05, 4.69) is 12.2 Å². The summed E-state index contributed by atoms with van der Waals surface area (Å²) in [4.78, 5) is 12.1. The van der Waals surface area contributed by atoms with Crippen LogP contribution in [0.2, 0.25) is 0 Å². The number of carbonyl (C=O) groups is 1. The standard InChI is InChI=1S/C17H29NO2S/c1-2-3-4-5-6-7-8-9-12-18-15(14-17(19)20)16-11-10-13-21-16/h10-11,13,15,18H,2-9,12,14H2,1H3,(H,19,20). The van der Waals surface area contributed by atoms with Gasteiger partial charge in [-0.3, -0.25) is 4.79 Å². The minimum absolute atomic E-state index is 0.0351. The summed E-state index contributed by atoms with van der Waals surface area (Å²) in [6, 6.07) is 3.96. The van der Waals surface area contributed by atoms with E-state index in [-0.39, 0.29) is 12.5 Å². The number of aliphatic carboxylic acids is 1. The lowest BCUT2D eigenvalue weighted by atomic mass is 10.1. The summed E-state index contributed by atoms with van der Waals surface area (Å²) >= 11 is 1.63. The summed E-state index contributed by atoms with van der Waals surface area (Å²) in [6.07, 6.45) is 10.6. The van der Waals surface area contributed by atoms with Crippen LogP contribution in [0.25, 0.3) is 0 Å². The first-order chi connectivity index (χ1) is 10.2. The number of unbranched alkanes of at least 4 members (excludes halogenated alkanes) is 7. The predicted molar refractivity (Wildman–Crippen MR) is 89.9 cm³/mol. The molecule has 1 aromatic heterocycles. The molecule has 0 aliphatic rings. The zero-order chi connectivity index (χ0) is 15.3. The van der Waals surface area contributed by atoms with E-state index in [0.29, 0.717) is 0 Å². The maximum absolute atomic E-state index is 10.9. The zero-order valence-electron chi connectivity index (χ0n) is 13.1. The molecule has 0 spiro atoms. The molecule has 0 aliphatic heterocycles. The summed E-state index contributed by atoms with van der Waals surface area (Å²) in [6.45, 7) is 3.15. The van der Waals surface area contributed by atoms with Crippen molar-refractivity contribution in [1.29, 1.82) is 0 Å². The number of hydrogen-bond donors (Lipinski definition) is 2. The minimum atomic E-state index is -0.739. The van der Waals surface area contributed by atoms with Gasteiger partial charge in [-0.1, -0.05) is 57.9 Å². The molecular weight excluding hydrogens is 282 g/mol. The number of carboxylic acid groups (broad SMARTS) is 1. The fourth-order valence-corrected chi connectivity index (χ4v) is 3.28. The Bertz CT molecular complexity index is 365. The molecule has 120 valence electrons. The number of carboxylic acids is 1. The molecule has 1 unspecified atom stereocenters. The van der Waals surface area contributed by atoms with Gasteiger partial charge < -0.3 is 10.4 Å². The van der Waals surface area contributed by atoms with E-state index < -0.39 is 5.97 Å². The van der Waals surface area contributed by atoms with Crippen LogP contribution in [0.3, 0.4) is 0 Å². The van der Waals surface area contributed by atoms with Crippen molar-refractivity contribution in [2.75, 3.05) is 6.54 Å². The lowest BCUT2D eigenvalue weighted by Gasteiger charge is -2.15. The maximum atomic E-state index is 10.9. The Labute approximate surface area is 132 Å². The molecule has 1 aromatic rings. The third-order valence-corrected chi connectivity index (χ3v) is 4.67. The van der Waals surface area contributed by atoms with Gasteiger partial charge in [-0.2, -0.15) is 0 Å².